The summed E-state index contributed by atoms with van der Waals surface area (Å²) in [5, 5.41) is 8.47. The number of aromatic nitrogens is 3. The Kier molecular flexibility index (Phi) is 5.78. The summed E-state index contributed by atoms with van der Waals surface area (Å²) in [6.07, 6.45) is 9.91. The molecule has 1 aromatic heterocycles. The van der Waals surface area contributed by atoms with Gasteiger partial charge in [0.25, 0.3) is 0 Å². The monoisotopic (exact) mass is 271 g/mol. The number of benzene rings is 1. The lowest BCUT2D eigenvalue weighted by atomic mass is 10.1. The molecule has 1 aromatic carbocycles. The van der Waals surface area contributed by atoms with Crippen molar-refractivity contribution in [2.24, 2.45) is 0 Å². The summed E-state index contributed by atoms with van der Waals surface area (Å²) < 4.78 is 1.97. The van der Waals surface area contributed by atoms with Crippen LogP contribution in [0.2, 0.25) is 0 Å². The van der Waals surface area contributed by atoms with Crippen LogP contribution in [0.1, 0.15) is 51.0 Å². The van der Waals surface area contributed by atoms with E-state index in [1.54, 1.807) is 0 Å². The Morgan fingerprint density at radius 2 is 1.65 bits per heavy atom. The molecule has 1 heterocycles. The topological polar surface area (TPSA) is 30.7 Å². The van der Waals surface area contributed by atoms with Gasteiger partial charge in [-0.2, -0.15) is 0 Å². The average Bonchev–Trinajstić information content (AvgIpc) is 2.92. The zero-order valence-corrected chi connectivity index (χ0v) is 12.7. The van der Waals surface area contributed by atoms with Gasteiger partial charge in [-0.05, 0) is 13.3 Å². The van der Waals surface area contributed by atoms with Gasteiger partial charge in [-0.15, -0.1) is 5.10 Å². The SMILES string of the molecule is CCCCCCCCn1cc(-c2ccc(C)cc2)nn1. The number of rotatable bonds is 8. The Morgan fingerprint density at radius 3 is 2.40 bits per heavy atom. The van der Waals surface area contributed by atoms with Gasteiger partial charge in [0, 0.05) is 12.1 Å². The van der Waals surface area contributed by atoms with E-state index in [4.69, 9.17) is 0 Å². The molecule has 0 N–H and O–H groups in total. The van der Waals surface area contributed by atoms with E-state index in [2.05, 4.69) is 54.6 Å². The van der Waals surface area contributed by atoms with Gasteiger partial charge in [0.05, 0.1) is 6.20 Å². The van der Waals surface area contributed by atoms with Crippen molar-refractivity contribution >= 4 is 0 Å². The van der Waals surface area contributed by atoms with Crippen LogP contribution in [0.4, 0.5) is 0 Å². The van der Waals surface area contributed by atoms with Gasteiger partial charge >= 0.3 is 0 Å². The summed E-state index contributed by atoms with van der Waals surface area (Å²) in [4.78, 5) is 0. The minimum atomic E-state index is 0.969. The maximum atomic E-state index is 4.26. The lowest BCUT2D eigenvalue weighted by Gasteiger charge is -2.00. The van der Waals surface area contributed by atoms with Crippen molar-refractivity contribution in [1.82, 2.24) is 15.0 Å². The maximum Gasteiger partial charge on any atom is 0.113 e. The first-order chi connectivity index (χ1) is 9.79. The molecule has 2 aromatic rings. The van der Waals surface area contributed by atoms with Crippen LogP contribution in [-0.2, 0) is 6.54 Å². The number of unbranched alkanes of at least 4 members (excludes halogenated alkanes) is 5. The first-order valence-electron chi connectivity index (χ1n) is 7.77. The van der Waals surface area contributed by atoms with Gasteiger partial charge in [-0.1, -0.05) is 74.1 Å². The third kappa shape index (κ3) is 4.48. The highest BCUT2D eigenvalue weighted by Crippen LogP contribution is 2.16. The van der Waals surface area contributed by atoms with Crippen molar-refractivity contribution in [2.45, 2.75) is 58.9 Å². The molecular weight excluding hydrogens is 246 g/mol. The van der Waals surface area contributed by atoms with E-state index in [1.807, 2.05) is 4.68 Å². The molecule has 0 aliphatic carbocycles. The summed E-state index contributed by atoms with van der Waals surface area (Å²) in [5.41, 5.74) is 3.38. The summed E-state index contributed by atoms with van der Waals surface area (Å²) in [7, 11) is 0. The van der Waals surface area contributed by atoms with Gasteiger partial charge in [0.1, 0.15) is 5.69 Å². The average molecular weight is 271 g/mol. The minimum Gasteiger partial charge on any atom is -0.252 e. The highest BCUT2D eigenvalue weighted by Gasteiger charge is 2.03. The molecule has 3 nitrogen and oxygen atoms in total. The van der Waals surface area contributed by atoms with Crippen LogP contribution in [-0.4, -0.2) is 15.0 Å². The fraction of sp³-hybridized carbons (Fsp3) is 0.529. The third-order valence-corrected chi connectivity index (χ3v) is 3.63. The zero-order valence-electron chi connectivity index (χ0n) is 12.7. The van der Waals surface area contributed by atoms with E-state index >= 15 is 0 Å². The van der Waals surface area contributed by atoms with Crippen molar-refractivity contribution in [1.29, 1.82) is 0 Å². The first-order valence-corrected chi connectivity index (χ1v) is 7.77. The number of aryl methyl sites for hydroxylation is 2. The Bertz CT molecular complexity index is 499. The smallest absolute Gasteiger partial charge is 0.113 e. The van der Waals surface area contributed by atoms with Crippen LogP contribution in [0.25, 0.3) is 11.3 Å². The Hall–Kier alpha value is -1.64. The molecular formula is C17H25N3. The second kappa shape index (κ2) is 7.83. The Balaban J connectivity index is 1.79. The molecule has 0 spiro atoms. The van der Waals surface area contributed by atoms with E-state index in [1.165, 1.54) is 44.1 Å². The molecule has 0 amide bonds. The predicted octanol–water partition coefficient (Wildman–Crippen LogP) is 4.61. The molecule has 0 unspecified atom stereocenters. The van der Waals surface area contributed by atoms with Crippen molar-refractivity contribution in [3.63, 3.8) is 0 Å². The normalized spacial score (nSPS) is 10.9. The highest BCUT2D eigenvalue weighted by molar-refractivity contribution is 5.57. The molecule has 0 fully saturated rings. The molecule has 3 heteroatoms. The lowest BCUT2D eigenvalue weighted by molar-refractivity contribution is 0.516. The standard InChI is InChI=1S/C17H25N3/c1-3-4-5-6-7-8-13-20-14-17(18-19-20)16-11-9-15(2)10-12-16/h9-12,14H,3-8,13H2,1-2H3. The summed E-state index contributed by atoms with van der Waals surface area (Å²) >= 11 is 0. The van der Waals surface area contributed by atoms with Gasteiger partial charge < -0.3 is 0 Å². The van der Waals surface area contributed by atoms with Gasteiger partial charge in [0.15, 0.2) is 0 Å². The van der Waals surface area contributed by atoms with Crippen molar-refractivity contribution < 1.29 is 0 Å². The molecule has 0 atom stereocenters. The van der Waals surface area contributed by atoms with Crippen molar-refractivity contribution in [2.75, 3.05) is 0 Å². The molecule has 0 saturated carbocycles. The number of nitrogens with zero attached hydrogens (tertiary/aromatic N) is 3. The lowest BCUT2D eigenvalue weighted by Crippen LogP contribution is -1.98. The van der Waals surface area contributed by atoms with Gasteiger partial charge in [0.2, 0.25) is 0 Å². The Labute approximate surface area is 122 Å². The van der Waals surface area contributed by atoms with Crippen LogP contribution >= 0.6 is 0 Å². The van der Waals surface area contributed by atoms with E-state index in [0.29, 0.717) is 0 Å². The van der Waals surface area contributed by atoms with E-state index in [9.17, 15) is 0 Å². The largest absolute Gasteiger partial charge is 0.252 e. The van der Waals surface area contributed by atoms with E-state index in [0.717, 1.165) is 17.8 Å². The Morgan fingerprint density at radius 1 is 0.950 bits per heavy atom. The van der Waals surface area contributed by atoms with Crippen molar-refractivity contribution in [3.05, 3.63) is 36.0 Å². The second-order valence-electron chi connectivity index (χ2n) is 5.50. The third-order valence-electron chi connectivity index (χ3n) is 3.63. The molecule has 0 aliphatic rings. The molecule has 0 aliphatic heterocycles. The van der Waals surface area contributed by atoms with Crippen molar-refractivity contribution in [3.8, 4) is 11.3 Å². The summed E-state index contributed by atoms with van der Waals surface area (Å²) in [6, 6.07) is 8.44. The fourth-order valence-electron chi connectivity index (χ4n) is 2.32. The van der Waals surface area contributed by atoms with Crippen LogP contribution in [0, 0.1) is 6.92 Å². The summed E-state index contributed by atoms with van der Waals surface area (Å²) in [5.74, 6) is 0. The number of hydrogen-bond acceptors (Lipinski definition) is 2. The van der Waals surface area contributed by atoms with Crippen LogP contribution < -0.4 is 0 Å². The second-order valence-corrected chi connectivity index (χ2v) is 5.50. The van der Waals surface area contributed by atoms with Crippen LogP contribution in [0.15, 0.2) is 30.5 Å². The highest BCUT2D eigenvalue weighted by atomic mass is 15.4. The van der Waals surface area contributed by atoms with Gasteiger partial charge in [-0.3, -0.25) is 4.68 Å². The quantitative estimate of drug-likeness (QED) is 0.656. The van der Waals surface area contributed by atoms with E-state index < -0.39 is 0 Å². The minimum absolute atomic E-state index is 0.969. The molecule has 2 rings (SSSR count). The van der Waals surface area contributed by atoms with E-state index in [-0.39, 0.29) is 0 Å². The predicted molar refractivity (Wildman–Crippen MR) is 83.6 cm³/mol. The van der Waals surface area contributed by atoms with Crippen LogP contribution in [0.3, 0.4) is 0 Å². The molecule has 0 saturated heterocycles. The first kappa shape index (κ1) is 14.8. The molecule has 108 valence electrons. The summed E-state index contributed by atoms with van der Waals surface area (Å²) in [6.45, 7) is 5.33. The molecule has 0 radical (unpaired) electrons. The fourth-order valence-corrected chi connectivity index (χ4v) is 2.32. The van der Waals surface area contributed by atoms with Gasteiger partial charge in [-0.25, -0.2) is 0 Å². The maximum absolute atomic E-state index is 4.26. The molecule has 20 heavy (non-hydrogen) atoms. The number of hydrogen-bond donors (Lipinski definition) is 0. The molecule has 0 bridgehead atoms. The zero-order chi connectivity index (χ0) is 14.2. The van der Waals surface area contributed by atoms with Crippen LogP contribution in [0.5, 0.6) is 0 Å².